The Morgan fingerprint density at radius 2 is 1.83 bits per heavy atom. The molecule has 0 aliphatic carbocycles. The first-order valence-corrected chi connectivity index (χ1v) is 11.8. The molecule has 1 aromatic heterocycles. The Balaban J connectivity index is 1.27. The number of hydrogen-bond donors (Lipinski definition) is 2. The lowest BCUT2D eigenvalue weighted by Gasteiger charge is -2.32. The molecule has 1 aliphatic heterocycles. The smallest absolute Gasteiger partial charge is 0.146 e. The van der Waals surface area contributed by atoms with E-state index >= 15 is 0 Å². The first-order chi connectivity index (χ1) is 17.1. The molecule has 3 atom stereocenters. The fraction of sp³-hybridized carbons (Fsp3) is 0.276. The molecule has 2 heterocycles. The zero-order chi connectivity index (χ0) is 24.2. The number of furan rings is 1. The minimum absolute atomic E-state index is 0.124. The molecular formula is C29H27NO5. The van der Waals surface area contributed by atoms with Crippen molar-refractivity contribution >= 4 is 11.0 Å². The van der Waals surface area contributed by atoms with Crippen LogP contribution in [0.4, 0.5) is 0 Å². The van der Waals surface area contributed by atoms with Crippen molar-refractivity contribution in [3.63, 3.8) is 0 Å². The minimum Gasteiger partial charge on any atom is -0.486 e. The first kappa shape index (κ1) is 23.1. The molecule has 6 nitrogen and oxygen atoms in total. The van der Waals surface area contributed by atoms with Crippen LogP contribution < -0.4 is 4.74 Å². The molecule has 3 aromatic carbocycles. The first-order valence-electron chi connectivity index (χ1n) is 11.8. The van der Waals surface area contributed by atoms with Gasteiger partial charge in [-0.1, -0.05) is 42.5 Å². The third-order valence-corrected chi connectivity index (χ3v) is 6.38. The van der Waals surface area contributed by atoms with Gasteiger partial charge in [-0.2, -0.15) is 5.26 Å². The highest BCUT2D eigenvalue weighted by atomic mass is 16.5. The van der Waals surface area contributed by atoms with Crippen molar-refractivity contribution in [3.8, 4) is 11.8 Å². The van der Waals surface area contributed by atoms with E-state index in [1.165, 1.54) is 0 Å². The fourth-order valence-corrected chi connectivity index (χ4v) is 4.58. The van der Waals surface area contributed by atoms with Gasteiger partial charge >= 0.3 is 0 Å². The zero-order valence-corrected chi connectivity index (χ0v) is 19.3. The highest BCUT2D eigenvalue weighted by molar-refractivity contribution is 5.77. The van der Waals surface area contributed by atoms with Gasteiger partial charge in [0, 0.05) is 18.2 Å². The molecule has 0 bridgehead atoms. The Labute approximate surface area is 204 Å². The van der Waals surface area contributed by atoms with Crippen LogP contribution in [0.1, 0.15) is 47.0 Å². The largest absolute Gasteiger partial charge is 0.486 e. The summed E-state index contributed by atoms with van der Waals surface area (Å²) < 4.78 is 17.7. The van der Waals surface area contributed by atoms with Crippen molar-refractivity contribution in [2.24, 2.45) is 0 Å². The Bertz CT molecular complexity index is 1300. The molecule has 0 radical (unpaired) electrons. The number of aliphatic hydroxyl groups excluding tert-OH is 2. The SMILES string of the molecule is N#Cc1ccc([C@H]2C[C@@H](O)C[C@@H](CO)O2)cc1Cc1ccc(OCc2cc3ccccc3o2)cc1. The van der Waals surface area contributed by atoms with E-state index in [0.29, 0.717) is 31.4 Å². The summed E-state index contributed by atoms with van der Waals surface area (Å²) in [6, 6.07) is 25.6. The topological polar surface area (TPSA) is 95.9 Å². The summed E-state index contributed by atoms with van der Waals surface area (Å²) in [5.41, 5.74) is 4.30. The van der Waals surface area contributed by atoms with Gasteiger partial charge in [0.15, 0.2) is 0 Å². The van der Waals surface area contributed by atoms with Crippen molar-refractivity contribution in [1.82, 2.24) is 0 Å². The van der Waals surface area contributed by atoms with Crippen LogP contribution in [-0.4, -0.2) is 29.0 Å². The maximum Gasteiger partial charge on any atom is 0.146 e. The lowest BCUT2D eigenvalue weighted by atomic mass is 9.92. The number of ether oxygens (including phenoxy) is 2. The molecule has 5 rings (SSSR count). The molecule has 1 saturated heterocycles. The minimum atomic E-state index is -0.517. The molecule has 0 spiro atoms. The molecule has 0 unspecified atom stereocenters. The van der Waals surface area contributed by atoms with E-state index in [1.807, 2.05) is 66.7 Å². The predicted molar refractivity (Wildman–Crippen MR) is 131 cm³/mol. The summed E-state index contributed by atoms with van der Waals surface area (Å²) in [7, 11) is 0. The quantitative estimate of drug-likeness (QED) is 0.393. The van der Waals surface area contributed by atoms with Crippen LogP contribution >= 0.6 is 0 Å². The van der Waals surface area contributed by atoms with Crippen molar-refractivity contribution in [2.45, 2.75) is 44.2 Å². The van der Waals surface area contributed by atoms with Crippen LogP contribution in [0.15, 0.2) is 77.2 Å². The van der Waals surface area contributed by atoms with Gasteiger partial charge in [0.05, 0.1) is 36.6 Å². The number of fused-ring (bicyclic) bond motifs is 1. The van der Waals surface area contributed by atoms with Crippen LogP contribution in [0.25, 0.3) is 11.0 Å². The molecule has 6 heteroatoms. The maximum absolute atomic E-state index is 10.2. The van der Waals surface area contributed by atoms with Gasteiger partial charge in [-0.15, -0.1) is 0 Å². The van der Waals surface area contributed by atoms with Gasteiger partial charge in [-0.05, 0) is 53.4 Å². The average molecular weight is 470 g/mol. The van der Waals surface area contributed by atoms with Crippen LogP contribution in [0.5, 0.6) is 5.75 Å². The molecular weight excluding hydrogens is 442 g/mol. The van der Waals surface area contributed by atoms with Gasteiger partial charge < -0.3 is 24.1 Å². The maximum atomic E-state index is 10.2. The van der Waals surface area contributed by atoms with Crippen molar-refractivity contribution in [3.05, 3.63) is 101 Å². The second-order valence-corrected chi connectivity index (χ2v) is 8.94. The number of aliphatic hydroxyl groups is 2. The summed E-state index contributed by atoms with van der Waals surface area (Å²) in [5.74, 6) is 1.51. The molecule has 1 aliphatic rings. The van der Waals surface area contributed by atoms with Gasteiger partial charge in [-0.25, -0.2) is 0 Å². The summed E-state index contributed by atoms with van der Waals surface area (Å²) >= 11 is 0. The monoisotopic (exact) mass is 469 g/mol. The third-order valence-electron chi connectivity index (χ3n) is 6.38. The number of rotatable bonds is 7. The number of benzene rings is 3. The van der Waals surface area contributed by atoms with E-state index in [9.17, 15) is 15.5 Å². The number of nitrogens with zero attached hydrogens (tertiary/aromatic N) is 1. The lowest BCUT2D eigenvalue weighted by molar-refractivity contribution is -0.113. The fourth-order valence-electron chi connectivity index (χ4n) is 4.58. The van der Waals surface area contributed by atoms with Gasteiger partial charge in [0.25, 0.3) is 0 Å². The normalized spacial score (nSPS) is 20.0. The molecule has 2 N–H and O–H groups in total. The van der Waals surface area contributed by atoms with Crippen LogP contribution in [0, 0.1) is 11.3 Å². The second kappa shape index (κ2) is 10.3. The van der Waals surface area contributed by atoms with Gasteiger partial charge in [-0.3, -0.25) is 0 Å². The molecule has 35 heavy (non-hydrogen) atoms. The molecule has 178 valence electrons. The molecule has 4 aromatic rings. The number of nitriles is 1. The summed E-state index contributed by atoms with van der Waals surface area (Å²) in [6.45, 7) is 0.220. The van der Waals surface area contributed by atoms with E-state index in [1.54, 1.807) is 6.07 Å². The van der Waals surface area contributed by atoms with Crippen molar-refractivity contribution in [2.75, 3.05) is 6.61 Å². The second-order valence-electron chi connectivity index (χ2n) is 8.94. The molecule has 0 amide bonds. The van der Waals surface area contributed by atoms with Crippen LogP contribution in [-0.2, 0) is 17.8 Å². The van der Waals surface area contributed by atoms with Crippen molar-refractivity contribution in [1.29, 1.82) is 5.26 Å². The third kappa shape index (κ3) is 5.39. The average Bonchev–Trinajstić information content (AvgIpc) is 3.31. The van der Waals surface area contributed by atoms with E-state index < -0.39 is 6.10 Å². The number of para-hydroxylation sites is 1. The number of hydrogen-bond acceptors (Lipinski definition) is 6. The van der Waals surface area contributed by atoms with Gasteiger partial charge in [0.2, 0.25) is 0 Å². The standard InChI is InChI=1S/C29H27NO5/c30-16-22-8-7-21(29-15-24(32)14-26(17-31)34-29)12-23(22)11-19-5-9-25(10-6-19)33-18-27-13-20-3-1-2-4-28(20)35-27/h1-10,12-13,24,26,29,31-32H,11,14-15,17-18H2/t24-,26-,29+/m0/s1. The van der Waals surface area contributed by atoms with Crippen LogP contribution in [0.3, 0.4) is 0 Å². The summed E-state index contributed by atoms with van der Waals surface area (Å²) in [6.07, 6.45) is 0.280. The zero-order valence-electron chi connectivity index (χ0n) is 19.3. The highest BCUT2D eigenvalue weighted by Gasteiger charge is 2.29. The van der Waals surface area contributed by atoms with E-state index in [-0.39, 0.29) is 18.8 Å². The molecule has 0 saturated carbocycles. The van der Waals surface area contributed by atoms with Crippen molar-refractivity contribution < 1.29 is 24.1 Å². The summed E-state index contributed by atoms with van der Waals surface area (Å²) in [5, 5.41) is 30.3. The van der Waals surface area contributed by atoms with Gasteiger partial charge in [0.1, 0.15) is 23.7 Å². The van der Waals surface area contributed by atoms with E-state index in [4.69, 9.17) is 13.9 Å². The Morgan fingerprint density at radius 1 is 1.00 bits per heavy atom. The van der Waals surface area contributed by atoms with Crippen LogP contribution in [0.2, 0.25) is 0 Å². The predicted octanol–water partition coefficient (Wildman–Crippen LogP) is 5.05. The Kier molecular flexibility index (Phi) is 6.82. The van der Waals surface area contributed by atoms with E-state index in [0.717, 1.165) is 39.2 Å². The lowest BCUT2D eigenvalue weighted by Crippen LogP contribution is -2.33. The molecule has 1 fully saturated rings. The Hall–Kier alpha value is -3.63. The van der Waals surface area contributed by atoms with E-state index in [2.05, 4.69) is 6.07 Å². The highest BCUT2D eigenvalue weighted by Crippen LogP contribution is 2.33. The Morgan fingerprint density at radius 3 is 2.60 bits per heavy atom. The summed E-state index contributed by atoms with van der Waals surface area (Å²) in [4.78, 5) is 0.